The largest absolute Gasteiger partial charge is 0.493 e. The molecule has 5 nitrogen and oxygen atoms in total. The number of hydrogen-bond acceptors (Lipinski definition) is 4. The number of hydrogen-bond donors (Lipinski definition) is 1. The number of benzene rings is 2. The van der Waals surface area contributed by atoms with Gasteiger partial charge in [0, 0.05) is 12.1 Å². The third-order valence-corrected chi connectivity index (χ3v) is 3.46. The lowest BCUT2D eigenvalue weighted by Gasteiger charge is -2.20. The van der Waals surface area contributed by atoms with Gasteiger partial charge in [-0.1, -0.05) is 0 Å². The molecule has 7 heteroatoms. The maximum Gasteiger partial charge on any atom is 0.248 e. The number of fused-ring (bicyclic) bond motifs is 1. The molecule has 0 spiro atoms. The van der Waals surface area contributed by atoms with Gasteiger partial charge in [0.25, 0.3) is 0 Å². The third kappa shape index (κ3) is 3.88. The molecule has 0 atom stereocenters. The quantitative estimate of drug-likeness (QED) is 0.862. The van der Waals surface area contributed by atoms with E-state index in [1.54, 1.807) is 12.1 Å². The minimum absolute atomic E-state index is 0.227. The van der Waals surface area contributed by atoms with Crippen LogP contribution < -0.4 is 19.5 Å². The van der Waals surface area contributed by atoms with Gasteiger partial charge in [-0.05, 0) is 35.9 Å². The summed E-state index contributed by atoms with van der Waals surface area (Å²) in [5.74, 6) is -0.452. The highest BCUT2D eigenvalue weighted by atomic mass is 19.1. The molecule has 2 aromatic carbocycles. The molecule has 0 radical (unpaired) electrons. The number of nitrogens with one attached hydrogen (secondary N) is 1. The van der Waals surface area contributed by atoms with E-state index in [0.29, 0.717) is 36.0 Å². The molecule has 0 saturated heterocycles. The highest BCUT2D eigenvalue weighted by Gasteiger charge is 2.17. The normalized spacial score (nSPS) is 12.9. The van der Waals surface area contributed by atoms with Crippen LogP contribution in [0, 0.1) is 11.6 Å². The first-order chi connectivity index (χ1) is 12.1. The number of carbonyl (C=O) groups excluding carboxylic acids is 1. The first kappa shape index (κ1) is 16.8. The van der Waals surface area contributed by atoms with Gasteiger partial charge in [-0.3, -0.25) is 4.79 Å². The second-order valence-electron chi connectivity index (χ2n) is 5.19. The molecule has 0 unspecified atom stereocenters. The van der Waals surface area contributed by atoms with Gasteiger partial charge < -0.3 is 19.5 Å². The van der Waals surface area contributed by atoms with Crippen molar-refractivity contribution >= 4 is 17.7 Å². The van der Waals surface area contributed by atoms with Crippen LogP contribution >= 0.6 is 0 Å². The number of ether oxygens (including phenoxy) is 3. The Morgan fingerprint density at radius 3 is 2.80 bits per heavy atom. The summed E-state index contributed by atoms with van der Waals surface area (Å²) in [6.45, 7) is 0.850. The van der Waals surface area contributed by atoms with Crippen molar-refractivity contribution in [1.29, 1.82) is 0 Å². The maximum absolute atomic E-state index is 13.5. The third-order valence-electron chi connectivity index (χ3n) is 3.46. The maximum atomic E-state index is 13.5. The molecule has 0 aromatic heterocycles. The van der Waals surface area contributed by atoms with Gasteiger partial charge >= 0.3 is 0 Å². The molecule has 0 saturated carbocycles. The van der Waals surface area contributed by atoms with E-state index in [2.05, 4.69) is 5.32 Å². The number of amides is 1. The Morgan fingerprint density at radius 1 is 1.20 bits per heavy atom. The average molecular weight is 347 g/mol. The van der Waals surface area contributed by atoms with Gasteiger partial charge in [0.2, 0.25) is 11.7 Å². The average Bonchev–Trinajstić information content (AvgIpc) is 2.62. The van der Waals surface area contributed by atoms with E-state index in [-0.39, 0.29) is 5.69 Å². The summed E-state index contributed by atoms with van der Waals surface area (Å²) >= 11 is 0. The predicted molar refractivity (Wildman–Crippen MR) is 88.0 cm³/mol. The summed E-state index contributed by atoms with van der Waals surface area (Å²) in [4.78, 5) is 11.9. The van der Waals surface area contributed by atoms with E-state index in [1.165, 1.54) is 19.3 Å². The molecule has 3 rings (SSSR count). The van der Waals surface area contributed by atoms with E-state index < -0.39 is 17.5 Å². The molecule has 130 valence electrons. The van der Waals surface area contributed by atoms with Crippen molar-refractivity contribution in [2.75, 3.05) is 25.6 Å². The number of anilines is 1. The number of methoxy groups -OCH3 is 1. The SMILES string of the molecule is COc1cc(/C=C/C(=O)Nc2cc(F)ccc2F)cc2c1OCCO2. The molecule has 0 bridgehead atoms. The summed E-state index contributed by atoms with van der Waals surface area (Å²) < 4.78 is 42.9. The van der Waals surface area contributed by atoms with Crippen LogP contribution in [0.3, 0.4) is 0 Å². The molecule has 1 amide bonds. The Labute approximate surface area is 142 Å². The second kappa shape index (κ2) is 7.21. The predicted octanol–water partition coefficient (Wildman–Crippen LogP) is 3.40. The first-order valence-corrected chi connectivity index (χ1v) is 7.48. The van der Waals surface area contributed by atoms with E-state index in [1.807, 2.05) is 0 Å². The number of carbonyl (C=O) groups is 1. The zero-order valence-electron chi connectivity index (χ0n) is 13.3. The summed E-state index contributed by atoms with van der Waals surface area (Å²) in [6.07, 6.45) is 2.71. The molecule has 1 aliphatic heterocycles. The number of halogens is 2. The fraction of sp³-hybridized carbons (Fsp3) is 0.167. The fourth-order valence-corrected chi connectivity index (χ4v) is 2.33. The molecular formula is C18H15F2NO4. The van der Waals surface area contributed by atoms with E-state index in [0.717, 1.165) is 18.2 Å². The molecule has 1 aliphatic rings. The Bertz CT molecular complexity index is 819. The van der Waals surface area contributed by atoms with Crippen molar-refractivity contribution in [3.63, 3.8) is 0 Å². The lowest BCUT2D eigenvalue weighted by molar-refractivity contribution is -0.111. The molecule has 25 heavy (non-hydrogen) atoms. The van der Waals surface area contributed by atoms with Gasteiger partial charge in [0.15, 0.2) is 11.5 Å². The summed E-state index contributed by atoms with van der Waals surface area (Å²) in [6, 6.07) is 6.21. The van der Waals surface area contributed by atoms with Crippen LogP contribution in [-0.4, -0.2) is 26.2 Å². The lowest BCUT2D eigenvalue weighted by atomic mass is 10.1. The Hall–Kier alpha value is -3.09. The van der Waals surface area contributed by atoms with E-state index in [4.69, 9.17) is 14.2 Å². The molecule has 2 aromatic rings. The van der Waals surface area contributed by atoms with Gasteiger partial charge in [0.1, 0.15) is 24.8 Å². The Morgan fingerprint density at radius 2 is 2.00 bits per heavy atom. The summed E-state index contributed by atoms with van der Waals surface area (Å²) in [5, 5.41) is 2.28. The van der Waals surface area contributed by atoms with Crippen LogP contribution in [0.25, 0.3) is 6.08 Å². The van der Waals surface area contributed by atoms with E-state index >= 15 is 0 Å². The van der Waals surface area contributed by atoms with Gasteiger partial charge in [-0.15, -0.1) is 0 Å². The zero-order valence-corrected chi connectivity index (χ0v) is 13.3. The minimum atomic E-state index is -0.718. The minimum Gasteiger partial charge on any atom is -0.493 e. The van der Waals surface area contributed by atoms with E-state index in [9.17, 15) is 13.6 Å². The lowest BCUT2D eigenvalue weighted by Crippen LogP contribution is -2.16. The fourth-order valence-electron chi connectivity index (χ4n) is 2.33. The van der Waals surface area contributed by atoms with Crippen molar-refractivity contribution in [3.8, 4) is 17.2 Å². The highest BCUT2D eigenvalue weighted by Crippen LogP contribution is 2.40. The second-order valence-corrected chi connectivity index (χ2v) is 5.19. The van der Waals surface area contributed by atoms with Crippen molar-refractivity contribution in [2.45, 2.75) is 0 Å². The number of rotatable bonds is 4. The van der Waals surface area contributed by atoms with Gasteiger partial charge in [-0.2, -0.15) is 0 Å². The zero-order chi connectivity index (χ0) is 17.8. The van der Waals surface area contributed by atoms with Crippen molar-refractivity contribution in [2.24, 2.45) is 0 Å². The van der Waals surface area contributed by atoms with Crippen LogP contribution in [0.2, 0.25) is 0 Å². The topological polar surface area (TPSA) is 56.8 Å². The standard InChI is InChI=1S/C18H15F2NO4/c1-23-15-8-11(9-16-18(15)25-7-6-24-16)2-5-17(22)21-14-10-12(19)3-4-13(14)20/h2-5,8-10H,6-7H2,1H3,(H,21,22)/b5-2+. The Balaban J connectivity index is 1.77. The Kier molecular flexibility index (Phi) is 4.83. The van der Waals surface area contributed by atoms with Crippen LogP contribution in [-0.2, 0) is 4.79 Å². The van der Waals surface area contributed by atoms with Crippen molar-refractivity contribution < 1.29 is 27.8 Å². The first-order valence-electron chi connectivity index (χ1n) is 7.48. The molecule has 1 N–H and O–H groups in total. The van der Waals surface area contributed by atoms with Crippen molar-refractivity contribution in [1.82, 2.24) is 0 Å². The van der Waals surface area contributed by atoms with Gasteiger partial charge in [0.05, 0.1) is 12.8 Å². The summed E-state index contributed by atoms with van der Waals surface area (Å²) in [7, 11) is 1.50. The van der Waals surface area contributed by atoms with Crippen LogP contribution in [0.1, 0.15) is 5.56 Å². The molecular weight excluding hydrogens is 332 g/mol. The highest BCUT2D eigenvalue weighted by molar-refractivity contribution is 6.02. The molecule has 1 heterocycles. The van der Waals surface area contributed by atoms with Crippen LogP contribution in [0.4, 0.5) is 14.5 Å². The molecule has 0 aliphatic carbocycles. The van der Waals surface area contributed by atoms with Crippen LogP contribution in [0.5, 0.6) is 17.2 Å². The van der Waals surface area contributed by atoms with Crippen molar-refractivity contribution in [3.05, 3.63) is 53.6 Å². The summed E-state index contributed by atoms with van der Waals surface area (Å²) in [5.41, 5.74) is 0.408. The monoisotopic (exact) mass is 347 g/mol. The molecule has 0 fully saturated rings. The van der Waals surface area contributed by atoms with Gasteiger partial charge in [-0.25, -0.2) is 8.78 Å². The van der Waals surface area contributed by atoms with Crippen LogP contribution in [0.15, 0.2) is 36.4 Å². The smallest absolute Gasteiger partial charge is 0.248 e.